The summed E-state index contributed by atoms with van der Waals surface area (Å²) >= 11 is 0. The topological polar surface area (TPSA) is 49.4 Å². The van der Waals surface area contributed by atoms with Gasteiger partial charge in [-0.3, -0.25) is 0 Å². The van der Waals surface area contributed by atoms with Crippen LogP contribution in [0.3, 0.4) is 0 Å². The third kappa shape index (κ3) is 5.86. The van der Waals surface area contributed by atoms with Gasteiger partial charge in [0.05, 0.1) is 22.5 Å². The first kappa shape index (κ1) is 20.5. The molecule has 0 unspecified atom stereocenters. The van der Waals surface area contributed by atoms with Crippen molar-refractivity contribution >= 4 is 22.7 Å². The molecular formula is C28H18N4. The van der Waals surface area contributed by atoms with Crippen molar-refractivity contribution in [2.45, 2.75) is 0 Å². The Labute approximate surface area is 187 Å². The maximum Gasteiger partial charge on any atom is 0.101 e. The van der Waals surface area contributed by atoms with Gasteiger partial charge in [-0.2, -0.15) is 10.2 Å². The largest absolute Gasteiger partial charge is 0.151 e. The lowest BCUT2D eigenvalue weighted by Crippen LogP contribution is -1.76. The lowest BCUT2D eigenvalue weighted by molar-refractivity contribution is 1.23. The molecule has 0 fully saturated rings. The highest BCUT2D eigenvalue weighted by molar-refractivity contribution is 5.59. The predicted molar refractivity (Wildman–Crippen MR) is 128 cm³/mol. The average molecular weight is 410 g/mol. The molecule has 4 heteroatoms. The molecule has 4 aromatic rings. The zero-order valence-electron chi connectivity index (χ0n) is 17.2. The van der Waals surface area contributed by atoms with Crippen LogP contribution < -0.4 is 0 Å². The quantitative estimate of drug-likeness (QED) is 0.242. The molecule has 0 heterocycles. The summed E-state index contributed by atoms with van der Waals surface area (Å²) in [6.45, 7) is 0. The fourth-order valence-corrected chi connectivity index (χ4v) is 2.74. The fourth-order valence-electron chi connectivity index (χ4n) is 2.74. The van der Waals surface area contributed by atoms with Crippen LogP contribution in [0.2, 0.25) is 0 Å². The van der Waals surface area contributed by atoms with Gasteiger partial charge in [-0.25, -0.2) is 0 Å². The van der Waals surface area contributed by atoms with Crippen LogP contribution in [0.5, 0.6) is 0 Å². The van der Waals surface area contributed by atoms with E-state index >= 15 is 0 Å². The van der Waals surface area contributed by atoms with Crippen molar-refractivity contribution in [1.29, 1.82) is 0 Å². The number of nitrogens with zero attached hydrogens (tertiary/aromatic N) is 4. The van der Waals surface area contributed by atoms with Gasteiger partial charge in [0.15, 0.2) is 0 Å². The van der Waals surface area contributed by atoms with Gasteiger partial charge < -0.3 is 0 Å². The summed E-state index contributed by atoms with van der Waals surface area (Å²) in [5.74, 6) is 11.9. The van der Waals surface area contributed by atoms with Crippen molar-refractivity contribution in [2.75, 3.05) is 0 Å². The molecule has 0 saturated heterocycles. The van der Waals surface area contributed by atoms with Crippen LogP contribution >= 0.6 is 0 Å². The molecule has 0 aliphatic carbocycles. The third-order valence-corrected chi connectivity index (χ3v) is 4.32. The van der Waals surface area contributed by atoms with E-state index in [1.807, 2.05) is 109 Å². The summed E-state index contributed by atoms with van der Waals surface area (Å²) in [5, 5.41) is 17.2. The molecule has 0 aliphatic rings. The van der Waals surface area contributed by atoms with Crippen molar-refractivity contribution in [3.05, 3.63) is 120 Å². The zero-order valence-corrected chi connectivity index (χ0v) is 17.2. The van der Waals surface area contributed by atoms with Gasteiger partial charge in [-0.15, -0.1) is 10.2 Å². The van der Waals surface area contributed by atoms with Crippen LogP contribution in [0.1, 0.15) is 11.1 Å². The number of hydrogen-bond acceptors (Lipinski definition) is 4. The standard InChI is InChI=1S/C28H18N4/c1-3-17-25(18-4-1)29-31-27-21-11-9-15-23(27)13-7-8-14-24-16-10-12-22-28(24)32-30-26-19-5-2-6-20-26/h1-6,9-12,15-22H. The van der Waals surface area contributed by atoms with E-state index in [0.717, 1.165) is 22.5 Å². The molecule has 4 rings (SSSR count). The van der Waals surface area contributed by atoms with E-state index in [9.17, 15) is 0 Å². The monoisotopic (exact) mass is 410 g/mol. The van der Waals surface area contributed by atoms with Crippen molar-refractivity contribution in [1.82, 2.24) is 0 Å². The van der Waals surface area contributed by atoms with Gasteiger partial charge in [0.2, 0.25) is 0 Å². The predicted octanol–water partition coefficient (Wildman–Crippen LogP) is 7.92. The van der Waals surface area contributed by atoms with E-state index in [1.54, 1.807) is 0 Å². The Kier molecular flexibility index (Phi) is 6.93. The van der Waals surface area contributed by atoms with E-state index in [-0.39, 0.29) is 0 Å². The Morgan fingerprint density at radius 2 is 0.750 bits per heavy atom. The molecule has 0 spiro atoms. The first-order chi connectivity index (χ1) is 15.9. The first-order valence-corrected chi connectivity index (χ1v) is 10.0. The molecule has 0 atom stereocenters. The van der Waals surface area contributed by atoms with E-state index < -0.39 is 0 Å². The molecule has 0 bridgehead atoms. The Morgan fingerprint density at radius 1 is 0.375 bits per heavy atom. The minimum Gasteiger partial charge on any atom is -0.151 e. The van der Waals surface area contributed by atoms with E-state index in [2.05, 4.69) is 44.1 Å². The molecular weight excluding hydrogens is 392 g/mol. The van der Waals surface area contributed by atoms with E-state index in [1.165, 1.54) is 0 Å². The number of benzene rings is 4. The lowest BCUT2D eigenvalue weighted by Gasteiger charge is -1.96. The van der Waals surface area contributed by atoms with Crippen molar-refractivity contribution < 1.29 is 0 Å². The number of azo groups is 2. The molecule has 4 aromatic carbocycles. The smallest absolute Gasteiger partial charge is 0.101 e. The van der Waals surface area contributed by atoms with E-state index in [0.29, 0.717) is 11.4 Å². The fraction of sp³-hybridized carbons (Fsp3) is 0. The van der Waals surface area contributed by atoms with Crippen LogP contribution in [0.25, 0.3) is 0 Å². The SMILES string of the molecule is C(C#Cc1ccccc1N=Nc1ccccc1)#Cc1ccccc1N=Nc1ccccc1. The molecule has 0 aromatic heterocycles. The van der Waals surface area contributed by atoms with Gasteiger partial charge in [0.25, 0.3) is 0 Å². The molecule has 32 heavy (non-hydrogen) atoms. The number of rotatable bonds is 4. The maximum absolute atomic E-state index is 4.33. The molecule has 0 saturated carbocycles. The number of hydrogen-bond donors (Lipinski definition) is 0. The summed E-state index contributed by atoms with van der Waals surface area (Å²) in [7, 11) is 0. The summed E-state index contributed by atoms with van der Waals surface area (Å²) < 4.78 is 0. The van der Waals surface area contributed by atoms with Crippen LogP contribution in [-0.4, -0.2) is 0 Å². The molecule has 4 nitrogen and oxygen atoms in total. The third-order valence-electron chi connectivity index (χ3n) is 4.32. The van der Waals surface area contributed by atoms with Crippen LogP contribution in [0.15, 0.2) is 130 Å². The summed E-state index contributed by atoms with van der Waals surface area (Å²) in [6.07, 6.45) is 0. The minimum absolute atomic E-state index is 0.697. The van der Waals surface area contributed by atoms with Crippen LogP contribution in [0, 0.1) is 23.7 Å². The Bertz CT molecular complexity index is 1260. The summed E-state index contributed by atoms with van der Waals surface area (Å²) in [5.41, 5.74) is 4.50. The second kappa shape index (κ2) is 10.8. The molecule has 0 N–H and O–H groups in total. The first-order valence-electron chi connectivity index (χ1n) is 10.0. The van der Waals surface area contributed by atoms with Gasteiger partial charge in [-0.05, 0) is 60.4 Å². The second-order valence-corrected chi connectivity index (χ2v) is 6.61. The van der Waals surface area contributed by atoms with Gasteiger partial charge in [-0.1, -0.05) is 72.5 Å². The molecule has 0 amide bonds. The second-order valence-electron chi connectivity index (χ2n) is 6.61. The average Bonchev–Trinajstić information content (AvgIpc) is 2.86. The Balaban J connectivity index is 1.53. The molecule has 150 valence electrons. The minimum atomic E-state index is 0.697. The van der Waals surface area contributed by atoms with Crippen LogP contribution in [0.4, 0.5) is 22.7 Å². The summed E-state index contributed by atoms with van der Waals surface area (Å²) in [6, 6.07) is 34.4. The van der Waals surface area contributed by atoms with Gasteiger partial charge >= 0.3 is 0 Å². The van der Waals surface area contributed by atoms with Gasteiger partial charge in [0.1, 0.15) is 11.4 Å². The Morgan fingerprint density at radius 3 is 1.19 bits per heavy atom. The highest BCUT2D eigenvalue weighted by atomic mass is 15.1. The van der Waals surface area contributed by atoms with E-state index in [4.69, 9.17) is 0 Å². The van der Waals surface area contributed by atoms with Crippen molar-refractivity contribution in [2.24, 2.45) is 20.5 Å². The maximum atomic E-state index is 4.33. The van der Waals surface area contributed by atoms with Crippen LogP contribution in [-0.2, 0) is 0 Å². The summed E-state index contributed by atoms with van der Waals surface area (Å²) in [4.78, 5) is 0. The normalized spacial score (nSPS) is 10.4. The highest BCUT2D eigenvalue weighted by Gasteiger charge is 1.98. The molecule has 0 radical (unpaired) electrons. The zero-order chi connectivity index (χ0) is 21.8. The highest BCUT2D eigenvalue weighted by Crippen LogP contribution is 2.22. The molecule has 0 aliphatic heterocycles. The Hall–Kier alpha value is -4.80. The van der Waals surface area contributed by atoms with Crippen molar-refractivity contribution in [3.8, 4) is 23.7 Å². The van der Waals surface area contributed by atoms with Crippen molar-refractivity contribution in [3.63, 3.8) is 0 Å². The van der Waals surface area contributed by atoms with Gasteiger partial charge in [0, 0.05) is 0 Å². The lowest BCUT2D eigenvalue weighted by atomic mass is 10.2.